The van der Waals surface area contributed by atoms with E-state index in [-0.39, 0.29) is 19.6 Å². The maximum Gasteiger partial charge on any atom is 0.410 e. The van der Waals surface area contributed by atoms with Crippen LogP contribution in [0.5, 0.6) is 0 Å². The summed E-state index contributed by atoms with van der Waals surface area (Å²) < 4.78 is 22.1. The number of nitrogens with one attached hydrogen (secondary N) is 1. The number of carbonyl (C=O) groups is 4. The van der Waals surface area contributed by atoms with E-state index < -0.39 is 47.7 Å². The molecule has 1 saturated heterocycles. The van der Waals surface area contributed by atoms with Gasteiger partial charge in [-0.15, -0.1) is 0 Å². The Bertz CT molecular complexity index is 1100. The van der Waals surface area contributed by atoms with Gasteiger partial charge in [-0.05, 0) is 41.4 Å². The van der Waals surface area contributed by atoms with Crippen LogP contribution >= 0.6 is 0 Å². The van der Waals surface area contributed by atoms with Gasteiger partial charge in [-0.1, -0.05) is 45.4 Å². The number of carbonyl (C=O) groups excluding carboxylic acids is 4. The highest BCUT2D eigenvalue weighted by molar-refractivity contribution is 5.91. The quantitative estimate of drug-likeness (QED) is 0.410. The lowest BCUT2D eigenvalue weighted by Crippen LogP contribution is -2.57. The third kappa shape index (κ3) is 7.04. The zero-order chi connectivity index (χ0) is 28.9. The molecule has 0 aliphatic carbocycles. The Kier molecular flexibility index (Phi) is 9.55. The number of nitrogens with zero attached hydrogens (tertiary/aromatic N) is 2. The van der Waals surface area contributed by atoms with Gasteiger partial charge in [-0.3, -0.25) is 9.69 Å². The van der Waals surface area contributed by atoms with E-state index in [0.717, 1.165) is 36.0 Å². The molecule has 0 radical (unpaired) electrons. The van der Waals surface area contributed by atoms with Crippen LogP contribution in [0.25, 0.3) is 0 Å². The number of fused-ring (bicyclic) bond motifs is 3. The second kappa shape index (κ2) is 12.9. The number of rotatable bonds is 1. The minimum atomic E-state index is -0.969. The first-order valence-corrected chi connectivity index (χ1v) is 14.0. The number of ether oxygens (including phenoxy) is 4. The standard InChI is InChI=1S/C29H41N3O8/c1-29(2,3)24-25(33)32-16-21(14-23(32)26(34)37-4)40-28(36)31-15-19-10-9-11-20(22(19)17-31)18-38-12-7-5-6-8-13-39-27(35)30-24/h9-11,21,23-24H,5-8,12-18H2,1-4H3,(H,30,35)/t21-,23?,24-/m1/s1. The van der Waals surface area contributed by atoms with Gasteiger partial charge >= 0.3 is 18.2 Å². The molecule has 0 saturated carbocycles. The van der Waals surface area contributed by atoms with Gasteiger partial charge < -0.3 is 29.2 Å². The van der Waals surface area contributed by atoms with Gasteiger partial charge in [0, 0.05) is 19.6 Å². The number of methoxy groups -OCH3 is 1. The summed E-state index contributed by atoms with van der Waals surface area (Å²) in [4.78, 5) is 55.2. The van der Waals surface area contributed by atoms with E-state index >= 15 is 0 Å². The van der Waals surface area contributed by atoms with Crippen LogP contribution < -0.4 is 5.32 Å². The van der Waals surface area contributed by atoms with E-state index in [4.69, 9.17) is 18.9 Å². The Morgan fingerprint density at radius 3 is 2.48 bits per heavy atom. The van der Waals surface area contributed by atoms with E-state index in [2.05, 4.69) is 5.32 Å². The summed E-state index contributed by atoms with van der Waals surface area (Å²) in [5.41, 5.74) is 2.48. The molecule has 220 valence electrons. The van der Waals surface area contributed by atoms with Crippen molar-refractivity contribution in [3.8, 4) is 0 Å². The monoisotopic (exact) mass is 559 g/mol. The van der Waals surface area contributed by atoms with Crippen LogP contribution in [0.15, 0.2) is 18.2 Å². The fraction of sp³-hybridized carbons (Fsp3) is 0.655. The molecule has 4 bridgehead atoms. The van der Waals surface area contributed by atoms with Crippen LogP contribution in [-0.4, -0.2) is 78.9 Å². The summed E-state index contributed by atoms with van der Waals surface area (Å²) in [6.45, 7) is 7.60. The Hall–Kier alpha value is -3.34. The number of amides is 3. The summed E-state index contributed by atoms with van der Waals surface area (Å²) in [6.07, 6.45) is 1.59. The first-order valence-electron chi connectivity index (χ1n) is 14.0. The molecule has 11 heteroatoms. The summed E-state index contributed by atoms with van der Waals surface area (Å²) in [7, 11) is 1.25. The topological polar surface area (TPSA) is 124 Å². The van der Waals surface area contributed by atoms with Gasteiger partial charge in [0.1, 0.15) is 18.2 Å². The molecule has 11 nitrogen and oxygen atoms in total. The van der Waals surface area contributed by atoms with Crippen LogP contribution in [0, 0.1) is 5.41 Å². The first-order chi connectivity index (χ1) is 19.1. The number of hydrogen-bond donors (Lipinski definition) is 1. The second-order valence-corrected chi connectivity index (χ2v) is 11.7. The Balaban J connectivity index is 1.55. The summed E-state index contributed by atoms with van der Waals surface area (Å²) >= 11 is 0. The number of hydrogen-bond acceptors (Lipinski definition) is 8. The van der Waals surface area contributed by atoms with Gasteiger partial charge in [-0.2, -0.15) is 0 Å². The summed E-state index contributed by atoms with van der Waals surface area (Å²) in [5.74, 6) is -1.07. The van der Waals surface area contributed by atoms with Crippen LogP contribution in [-0.2, 0) is 48.2 Å². The average Bonchev–Trinajstić information content (AvgIpc) is 3.54. The number of alkyl carbamates (subject to hydrolysis) is 1. The maximum atomic E-state index is 13.8. The molecule has 0 aromatic heterocycles. The molecule has 3 amide bonds. The Labute approximate surface area is 235 Å². The lowest BCUT2D eigenvalue weighted by molar-refractivity contribution is -0.152. The van der Waals surface area contributed by atoms with Crippen LogP contribution in [0.2, 0.25) is 0 Å². The average molecular weight is 560 g/mol. The molecule has 1 N–H and O–H groups in total. The van der Waals surface area contributed by atoms with Crippen molar-refractivity contribution < 1.29 is 38.1 Å². The van der Waals surface area contributed by atoms with Crippen LogP contribution in [0.4, 0.5) is 9.59 Å². The zero-order valence-electron chi connectivity index (χ0n) is 23.9. The van der Waals surface area contributed by atoms with Crippen molar-refractivity contribution in [3.05, 3.63) is 34.9 Å². The summed E-state index contributed by atoms with van der Waals surface area (Å²) in [5, 5.41) is 2.70. The molecule has 4 rings (SSSR count). The highest BCUT2D eigenvalue weighted by Crippen LogP contribution is 2.30. The van der Waals surface area contributed by atoms with E-state index in [1.54, 1.807) is 4.90 Å². The van der Waals surface area contributed by atoms with Crippen LogP contribution in [0.1, 0.15) is 69.6 Å². The molecule has 1 aromatic rings. The molecule has 3 atom stereocenters. The normalized spacial score (nSPS) is 25.3. The van der Waals surface area contributed by atoms with Crippen molar-refractivity contribution in [2.45, 2.75) is 90.8 Å². The van der Waals surface area contributed by atoms with E-state index in [1.807, 2.05) is 39.0 Å². The predicted molar refractivity (Wildman–Crippen MR) is 144 cm³/mol. The number of benzene rings is 1. The highest BCUT2D eigenvalue weighted by Gasteiger charge is 2.47. The molecular weight excluding hydrogens is 518 g/mol. The fourth-order valence-corrected chi connectivity index (χ4v) is 5.44. The maximum absolute atomic E-state index is 13.8. The molecule has 0 spiro atoms. The molecule has 3 aliphatic heterocycles. The third-order valence-corrected chi connectivity index (χ3v) is 7.67. The predicted octanol–water partition coefficient (Wildman–Crippen LogP) is 3.51. The highest BCUT2D eigenvalue weighted by atomic mass is 16.6. The number of esters is 1. The van der Waals surface area contributed by atoms with Gasteiger partial charge in [0.25, 0.3) is 0 Å². The van der Waals surface area contributed by atoms with Crippen molar-refractivity contribution >= 4 is 24.1 Å². The van der Waals surface area contributed by atoms with E-state index in [0.29, 0.717) is 32.7 Å². The largest absolute Gasteiger partial charge is 0.467 e. The van der Waals surface area contributed by atoms with Crippen LogP contribution in [0.3, 0.4) is 0 Å². The molecule has 3 heterocycles. The van der Waals surface area contributed by atoms with Gasteiger partial charge in [-0.25, -0.2) is 14.4 Å². The minimum Gasteiger partial charge on any atom is -0.467 e. The van der Waals surface area contributed by atoms with Crippen molar-refractivity contribution in [3.63, 3.8) is 0 Å². The Morgan fingerprint density at radius 1 is 1.02 bits per heavy atom. The molecule has 3 aliphatic rings. The smallest absolute Gasteiger partial charge is 0.410 e. The van der Waals surface area contributed by atoms with Gasteiger partial charge in [0.15, 0.2) is 0 Å². The van der Waals surface area contributed by atoms with Crippen molar-refractivity contribution in [1.82, 2.24) is 15.1 Å². The SMILES string of the molecule is COC(=O)C1C[C@@H]2CN1C(=O)[C@H](C(C)(C)C)NC(=O)OCCCCCCOCc1cccc3c1CN(C3)C(=O)O2. The molecule has 1 unspecified atom stereocenters. The van der Waals surface area contributed by atoms with Gasteiger partial charge in [0.05, 0.1) is 33.4 Å². The van der Waals surface area contributed by atoms with E-state index in [9.17, 15) is 19.2 Å². The van der Waals surface area contributed by atoms with Gasteiger partial charge in [0.2, 0.25) is 5.91 Å². The fourth-order valence-electron chi connectivity index (χ4n) is 5.44. The van der Waals surface area contributed by atoms with Crippen molar-refractivity contribution in [2.24, 2.45) is 5.41 Å². The molecule has 1 fully saturated rings. The van der Waals surface area contributed by atoms with Crippen molar-refractivity contribution in [2.75, 3.05) is 26.9 Å². The molecule has 40 heavy (non-hydrogen) atoms. The zero-order valence-corrected chi connectivity index (χ0v) is 23.9. The number of cyclic esters (lactones) is 1. The summed E-state index contributed by atoms with van der Waals surface area (Å²) in [6, 6.07) is 4.07. The minimum absolute atomic E-state index is 0.00747. The van der Waals surface area contributed by atoms with E-state index in [1.165, 1.54) is 12.0 Å². The Morgan fingerprint density at radius 2 is 1.75 bits per heavy atom. The third-order valence-electron chi connectivity index (χ3n) is 7.67. The molecular formula is C29H41N3O8. The van der Waals surface area contributed by atoms with Crippen molar-refractivity contribution in [1.29, 1.82) is 0 Å². The lowest BCUT2D eigenvalue weighted by Gasteiger charge is -2.34. The second-order valence-electron chi connectivity index (χ2n) is 11.7. The molecule has 1 aromatic carbocycles. The first kappa shape index (κ1) is 29.6. The lowest BCUT2D eigenvalue weighted by atomic mass is 9.85.